The Hall–Kier alpha value is -2.16. The predicted octanol–water partition coefficient (Wildman–Crippen LogP) is 0.386. The first-order valence-corrected chi connectivity index (χ1v) is 6.44. The molecule has 1 amide bonds. The summed E-state index contributed by atoms with van der Waals surface area (Å²) in [6, 6.07) is 0. The van der Waals surface area contributed by atoms with E-state index >= 15 is 0 Å². The molecule has 2 rings (SSSR count). The van der Waals surface area contributed by atoms with Crippen LogP contribution in [-0.4, -0.2) is 61.6 Å². The minimum absolute atomic E-state index is 0.165. The summed E-state index contributed by atoms with van der Waals surface area (Å²) in [6.07, 6.45) is 0.403. The predicted molar refractivity (Wildman–Crippen MR) is 69.2 cm³/mol. The molecule has 0 fully saturated rings. The molecule has 2 aromatic rings. The Bertz CT molecular complexity index is 631. The zero-order valence-electron chi connectivity index (χ0n) is 11.4. The molecule has 9 heteroatoms. The van der Waals surface area contributed by atoms with E-state index in [-0.39, 0.29) is 18.7 Å². The molecule has 0 aromatic carbocycles. The maximum Gasteiger partial charge on any atom is 0.257 e. The maximum atomic E-state index is 12.6. The van der Waals surface area contributed by atoms with Gasteiger partial charge in [-0.2, -0.15) is 10.1 Å². The van der Waals surface area contributed by atoms with Gasteiger partial charge in [-0.05, 0) is 6.42 Å². The number of aliphatic hydroxyl groups excluding tert-OH is 1. The SMILES string of the molecule is CCc1c(C(=O)N(CCO)CC(F)F)cnc2ncnn12. The summed E-state index contributed by atoms with van der Waals surface area (Å²) in [5, 5.41) is 12.9. The van der Waals surface area contributed by atoms with Crippen LogP contribution in [0.1, 0.15) is 23.0 Å². The molecule has 0 atom stereocenters. The molecule has 0 saturated carbocycles. The van der Waals surface area contributed by atoms with Crippen molar-refractivity contribution in [1.82, 2.24) is 24.5 Å². The third-order valence-electron chi connectivity index (χ3n) is 2.99. The second kappa shape index (κ2) is 6.53. The van der Waals surface area contributed by atoms with Crippen molar-refractivity contribution in [2.24, 2.45) is 0 Å². The molecule has 0 aliphatic heterocycles. The first-order valence-electron chi connectivity index (χ1n) is 6.44. The van der Waals surface area contributed by atoms with Gasteiger partial charge in [-0.25, -0.2) is 18.3 Å². The molecular weight excluding hydrogens is 284 g/mol. The van der Waals surface area contributed by atoms with E-state index in [2.05, 4.69) is 15.1 Å². The number of aryl methyl sites for hydroxylation is 1. The molecule has 0 saturated heterocycles. The van der Waals surface area contributed by atoms with Crippen molar-refractivity contribution >= 4 is 11.7 Å². The highest BCUT2D eigenvalue weighted by molar-refractivity contribution is 5.95. The van der Waals surface area contributed by atoms with Crippen LogP contribution >= 0.6 is 0 Å². The van der Waals surface area contributed by atoms with E-state index in [0.717, 1.165) is 4.90 Å². The lowest BCUT2D eigenvalue weighted by atomic mass is 10.1. The van der Waals surface area contributed by atoms with Crippen molar-refractivity contribution in [3.63, 3.8) is 0 Å². The van der Waals surface area contributed by atoms with Gasteiger partial charge in [0.15, 0.2) is 0 Å². The van der Waals surface area contributed by atoms with Crippen LogP contribution in [0.25, 0.3) is 5.78 Å². The van der Waals surface area contributed by atoms with Crippen molar-refractivity contribution in [3.05, 3.63) is 23.8 Å². The highest BCUT2D eigenvalue weighted by Gasteiger charge is 2.23. The van der Waals surface area contributed by atoms with E-state index in [0.29, 0.717) is 17.9 Å². The van der Waals surface area contributed by atoms with Crippen molar-refractivity contribution in [2.75, 3.05) is 19.7 Å². The first kappa shape index (κ1) is 15.2. The normalized spacial score (nSPS) is 11.3. The summed E-state index contributed by atoms with van der Waals surface area (Å²) >= 11 is 0. The number of hydrogen-bond acceptors (Lipinski definition) is 5. The van der Waals surface area contributed by atoms with Gasteiger partial charge < -0.3 is 10.0 Å². The summed E-state index contributed by atoms with van der Waals surface area (Å²) in [5.74, 6) is -0.267. The number of aromatic nitrogens is 4. The third kappa shape index (κ3) is 3.13. The number of aliphatic hydroxyl groups is 1. The molecule has 21 heavy (non-hydrogen) atoms. The molecule has 0 aliphatic rings. The molecule has 0 spiro atoms. The topological polar surface area (TPSA) is 83.6 Å². The van der Waals surface area contributed by atoms with Crippen molar-refractivity contribution in [3.8, 4) is 0 Å². The summed E-state index contributed by atoms with van der Waals surface area (Å²) < 4.78 is 26.5. The van der Waals surface area contributed by atoms with E-state index in [4.69, 9.17) is 5.11 Å². The summed E-state index contributed by atoms with van der Waals surface area (Å²) in [6.45, 7) is 0.523. The molecule has 114 valence electrons. The van der Waals surface area contributed by atoms with Gasteiger partial charge in [-0.15, -0.1) is 0 Å². The van der Waals surface area contributed by atoms with Crippen LogP contribution in [0.3, 0.4) is 0 Å². The van der Waals surface area contributed by atoms with Crippen molar-refractivity contribution < 1.29 is 18.7 Å². The number of hydrogen-bond donors (Lipinski definition) is 1. The fraction of sp³-hybridized carbons (Fsp3) is 0.500. The monoisotopic (exact) mass is 299 g/mol. The van der Waals surface area contributed by atoms with Crippen LogP contribution in [0.4, 0.5) is 8.78 Å². The lowest BCUT2D eigenvalue weighted by molar-refractivity contribution is 0.0507. The maximum absolute atomic E-state index is 12.6. The first-order chi connectivity index (χ1) is 10.1. The van der Waals surface area contributed by atoms with E-state index in [9.17, 15) is 13.6 Å². The van der Waals surface area contributed by atoms with Crippen LogP contribution in [0, 0.1) is 0 Å². The number of halogens is 2. The fourth-order valence-electron chi connectivity index (χ4n) is 2.08. The fourth-order valence-corrected chi connectivity index (χ4v) is 2.08. The van der Waals surface area contributed by atoms with Gasteiger partial charge in [0, 0.05) is 12.7 Å². The van der Waals surface area contributed by atoms with Gasteiger partial charge in [-0.1, -0.05) is 6.92 Å². The number of rotatable bonds is 6. The number of alkyl halides is 2. The van der Waals surface area contributed by atoms with E-state index in [1.165, 1.54) is 17.0 Å². The minimum Gasteiger partial charge on any atom is -0.395 e. The molecule has 2 aromatic heterocycles. The molecular formula is C12H15F2N5O2. The van der Waals surface area contributed by atoms with Crippen molar-refractivity contribution in [1.29, 1.82) is 0 Å². The number of carbonyl (C=O) groups excluding carboxylic acids is 1. The highest BCUT2D eigenvalue weighted by Crippen LogP contribution is 2.13. The highest BCUT2D eigenvalue weighted by atomic mass is 19.3. The minimum atomic E-state index is -2.67. The van der Waals surface area contributed by atoms with Gasteiger partial charge in [0.05, 0.1) is 24.4 Å². The van der Waals surface area contributed by atoms with Crippen molar-refractivity contribution in [2.45, 2.75) is 19.8 Å². The van der Waals surface area contributed by atoms with E-state index in [1.54, 1.807) is 0 Å². The number of nitrogens with zero attached hydrogens (tertiary/aromatic N) is 5. The molecule has 0 radical (unpaired) electrons. The number of carbonyl (C=O) groups is 1. The van der Waals surface area contributed by atoms with Gasteiger partial charge in [0.1, 0.15) is 6.33 Å². The van der Waals surface area contributed by atoms with E-state index < -0.39 is 18.9 Å². The van der Waals surface area contributed by atoms with Crippen LogP contribution in [0.2, 0.25) is 0 Å². The van der Waals surface area contributed by atoms with E-state index in [1.807, 2.05) is 6.92 Å². The second-order valence-corrected chi connectivity index (χ2v) is 4.31. The van der Waals surface area contributed by atoms with Gasteiger partial charge in [-0.3, -0.25) is 4.79 Å². The Morgan fingerprint density at radius 2 is 2.24 bits per heavy atom. The van der Waals surface area contributed by atoms with Crippen LogP contribution < -0.4 is 0 Å². The molecule has 0 bridgehead atoms. The van der Waals surface area contributed by atoms with Gasteiger partial charge in [0.2, 0.25) is 0 Å². The Morgan fingerprint density at radius 1 is 1.48 bits per heavy atom. The summed E-state index contributed by atoms with van der Waals surface area (Å²) in [5.41, 5.74) is 0.726. The Morgan fingerprint density at radius 3 is 2.86 bits per heavy atom. The van der Waals surface area contributed by atoms with Crippen LogP contribution in [0.15, 0.2) is 12.5 Å². The average Bonchev–Trinajstić information content (AvgIpc) is 2.92. The molecule has 2 heterocycles. The number of amides is 1. The zero-order chi connectivity index (χ0) is 15.4. The summed E-state index contributed by atoms with van der Waals surface area (Å²) in [4.78, 5) is 21.2. The Balaban J connectivity index is 2.40. The van der Waals surface area contributed by atoms with Crippen LogP contribution in [-0.2, 0) is 6.42 Å². The lowest BCUT2D eigenvalue weighted by Gasteiger charge is -2.22. The molecule has 0 aliphatic carbocycles. The molecule has 1 N–H and O–H groups in total. The Labute approximate surface area is 119 Å². The molecule has 7 nitrogen and oxygen atoms in total. The zero-order valence-corrected chi connectivity index (χ0v) is 11.4. The van der Waals surface area contributed by atoms with Crippen LogP contribution in [0.5, 0.6) is 0 Å². The molecule has 0 unspecified atom stereocenters. The quantitative estimate of drug-likeness (QED) is 0.834. The average molecular weight is 299 g/mol. The third-order valence-corrected chi connectivity index (χ3v) is 2.99. The van der Waals surface area contributed by atoms with Gasteiger partial charge in [0.25, 0.3) is 18.1 Å². The standard InChI is InChI=1S/C12H15F2N5O2/c1-2-9-8(5-15-12-16-7-17-19(9)12)11(21)18(3-4-20)6-10(13)14/h5,7,10,20H,2-4,6H2,1H3. The number of fused-ring (bicyclic) bond motifs is 1. The summed E-state index contributed by atoms with van der Waals surface area (Å²) in [7, 11) is 0. The van der Waals surface area contributed by atoms with Gasteiger partial charge >= 0.3 is 0 Å². The smallest absolute Gasteiger partial charge is 0.257 e. The largest absolute Gasteiger partial charge is 0.395 e. The second-order valence-electron chi connectivity index (χ2n) is 4.31. The lowest BCUT2D eigenvalue weighted by Crippen LogP contribution is -2.38. The Kier molecular flexibility index (Phi) is 4.73.